The summed E-state index contributed by atoms with van der Waals surface area (Å²) in [6.45, 7) is 6.22. The summed E-state index contributed by atoms with van der Waals surface area (Å²) in [7, 11) is 0. The third-order valence-electron chi connectivity index (χ3n) is 4.80. The standard InChI is InChI=1S/C14H23N5O2/c1-3-14(4-2)5-7-18(8-6-14)13-10-11(19(20)21)9-12(16-13)17-15/h9-10H,3-8,15H2,1-2H3,(H,16,17). The molecule has 1 fully saturated rings. The van der Waals surface area contributed by atoms with Crippen molar-refractivity contribution in [3.63, 3.8) is 0 Å². The first-order chi connectivity index (χ1) is 10.0. The molecule has 1 aliphatic rings. The lowest BCUT2D eigenvalue weighted by Crippen LogP contribution is -2.40. The molecule has 0 spiro atoms. The largest absolute Gasteiger partial charge is 0.356 e. The summed E-state index contributed by atoms with van der Waals surface area (Å²) < 4.78 is 0. The van der Waals surface area contributed by atoms with Gasteiger partial charge in [-0.25, -0.2) is 10.8 Å². The van der Waals surface area contributed by atoms with E-state index in [4.69, 9.17) is 5.84 Å². The van der Waals surface area contributed by atoms with Crippen LogP contribution < -0.4 is 16.2 Å². The smallest absolute Gasteiger partial charge is 0.276 e. The van der Waals surface area contributed by atoms with Gasteiger partial charge in [-0.3, -0.25) is 10.1 Å². The Balaban J connectivity index is 2.20. The normalized spacial score (nSPS) is 17.6. The molecular weight excluding hydrogens is 270 g/mol. The molecule has 0 amide bonds. The molecule has 0 radical (unpaired) electrons. The van der Waals surface area contributed by atoms with E-state index in [2.05, 4.69) is 29.2 Å². The van der Waals surface area contributed by atoms with Gasteiger partial charge in [0.2, 0.25) is 0 Å². The zero-order valence-corrected chi connectivity index (χ0v) is 12.6. The minimum absolute atomic E-state index is 0.00997. The molecule has 21 heavy (non-hydrogen) atoms. The highest BCUT2D eigenvalue weighted by Crippen LogP contribution is 2.39. The summed E-state index contributed by atoms with van der Waals surface area (Å²) in [5.74, 6) is 6.29. The van der Waals surface area contributed by atoms with E-state index in [9.17, 15) is 10.1 Å². The van der Waals surface area contributed by atoms with Crippen LogP contribution in [-0.4, -0.2) is 23.0 Å². The topological polar surface area (TPSA) is 97.3 Å². The molecule has 0 aliphatic carbocycles. The van der Waals surface area contributed by atoms with Gasteiger partial charge >= 0.3 is 0 Å². The molecule has 3 N–H and O–H groups in total. The molecule has 0 bridgehead atoms. The number of nitrogens with one attached hydrogen (secondary N) is 1. The van der Waals surface area contributed by atoms with Crippen LogP contribution in [0.1, 0.15) is 39.5 Å². The van der Waals surface area contributed by atoms with Gasteiger partial charge in [0.1, 0.15) is 11.6 Å². The first kappa shape index (κ1) is 15.5. The number of hydrogen-bond donors (Lipinski definition) is 2. The second kappa shape index (κ2) is 6.26. The van der Waals surface area contributed by atoms with Gasteiger partial charge < -0.3 is 10.3 Å². The zero-order valence-electron chi connectivity index (χ0n) is 12.6. The number of nitro groups is 1. The molecular formula is C14H23N5O2. The maximum absolute atomic E-state index is 11.0. The Labute approximate surface area is 124 Å². The predicted molar refractivity (Wildman–Crippen MR) is 83.2 cm³/mol. The molecule has 7 heteroatoms. The molecule has 0 atom stereocenters. The van der Waals surface area contributed by atoms with Gasteiger partial charge in [0.25, 0.3) is 5.69 Å². The Morgan fingerprint density at radius 2 is 2.00 bits per heavy atom. The summed E-state index contributed by atoms with van der Waals surface area (Å²) in [5.41, 5.74) is 2.82. The lowest BCUT2D eigenvalue weighted by Gasteiger charge is -2.41. The predicted octanol–water partition coefficient (Wildman–Crippen LogP) is 2.68. The number of hydrazine groups is 1. The van der Waals surface area contributed by atoms with E-state index in [1.54, 1.807) is 0 Å². The van der Waals surface area contributed by atoms with Crippen molar-refractivity contribution >= 4 is 17.3 Å². The number of piperidine rings is 1. The molecule has 116 valence electrons. The number of hydrogen-bond acceptors (Lipinski definition) is 6. The third kappa shape index (κ3) is 3.24. The van der Waals surface area contributed by atoms with Gasteiger partial charge in [-0.2, -0.15) is 0 Å². The first-order valence-electron chi connectivity index (χ1n) is 7.41. The van der Waals surface area contributed by atoms with Crippen molar-refractivity contribution in [3.8, 4) is 0 Å². The number of anilines is 2. The number of aromatic nitrogens is 1. The van der Waals surface area contributed by atoms with Crippen LogP contribution in [0.25, 0.3) is 0 Å². The minimum Gasteiger partial charge on any atom is -0.356 e. The molecule has 0 saturated carbocycles. The summed E-state index contributed by atoms with van der Waals surface area (Å²) in [5, 5.41) is 11.0. The maximum atomic E-state index is 11.0. The average Bonchev–Trinajstić information content (AvgIpc) is 2.54. The molecule has 1 saturated heterocycles. The highest BCUT2D eigenvalue weighted by atomic mass is 16.6. The molecule has 0 aromatic carbocycles. The molecule has 7 nitrogen and oxygen atoms in total. The van der Waals surface area contributed by atoms with E-state index >= 15 is 0 Å². The quantitative estimate of drug-likeness (QED) is 0.492. The van der Waals surface area contributed by atoms with Gasteiger partial charge in [-0.05, 0) is 18.3 Å². The maximum Gasteiger partial charge on any atom is 0.276 e. The Bertz CT molecular complexity index is 506. The lowest BCUT2D eigenvalue weighted by atomic mass is 9.74. The van der Waals surface area contributed by atoms with Crippen molar-refractivity contribution in [3.05, 3.63) is 22.2 Å². The third-order valence-corrected chi connectivity index (χ3v) is 4.80. The summed E-state index contributed by atoms with van der Waals surface area (Å²) in [6.07, 6.45) is 4.54. The highest BCUT2D eigenvalue weighted by molar-refractivity contribution is 5.55. The van der Waals surface area contributed by atoms with Crippen molar-refractivity contribution in [2.24, 2.45) is 11.3 Å². The Hall–Kier alpha value is -1.89. The van der Waals surface area contributed by atoms with Gasteiger partial charge in [0.15, 0.2) is 0 Å². The van der Waals surface area contributed by atoms with Crippen molar-refractivity contribution < 1.29 is 4.92 Å². The van der Waals surface area contributed by atoms with Crippen LogP contribution in [0, 0.1) is 15.5 Å². The fourth-order valence-corrected chi connectivity index (χ4v) is 3.01. The van der Waals surface area contributed by atoms with Crippen LogP contribution in [-0.2, 0) is 0 Å². The van der Waals surface area contributed by atoms with Crippen LogP contribution in [0.4, 0.5) is 17.3 Å². The van der Waals surface area contributed by atoms with Crippen LogP contribution in [0.3, 0.4) is 0 Å². The van der Waals surface area contributed by atoms with E-state index in [0.29, 0.717) is 17.1 Å². The lowest BCUT2D eigenvalue weighted by molar-refractivity contribution is -0.384. The number of nitrogens with two attached hydrogens (primary N) is 1. The van der Waals surface area contributed by atoms with Gasteiger partial charge in [0.05, 0.1) is 17.1 Å². The van der Waals surface area contributed by atoms with Crippen molar-refractivity contribution in [1.29, 1.82) is 0 Å². The van der Waals surface area contributed by atoms with Crippen LogP contribution in [0.5, 0.6) is 0 Å². The summed E-state index contributed by atoms with van der Waals surface area (Å²) >= 11 is 0. The summed E-state index contributed by atoms with van der Waals surface area (Å²) in [6, 6.07) is 2.86. The van der Waals surface area contributed by atoms with Crippen LogP contribution in [0.2, 0.25) is 0 Å². The first-order valence-corrected chi connectivity index (χ1v) is 7.41. The van der Waals surface area contributed by atoms with E-state index in [0.717, 1.165) is 25.9 Å². The summed E-state index contributed by atoms with van der Waals surface area (Å²) in [4.78, 5) is 17.0. The Morgan fingerprint density at radius 3 is 2.48 bits per heavy atom. The van der Waals surface area contributed by atoms with Gasteiger partial charge in [0, 0.05) is 13.1 Å². The van der Waals surface area contributed by atoms with Crippen LogP contribution >= 0.6 is 0 Å². The molecule has 2 heterocycles. The van der Waals surface area contributed by atoms with Gasteiger partial charge in [-0.1, -0.05) is 26.7 Å². The SMILES string of the molecule is CCC1(CC)CCN(c2cc([N+](=O)[O-])cc(NN)n2)CC1. The number of nitrogen functional groups attached to an aromatic ring is 1. The minimum atomic E-state index is -0.418. The monoisotopic (exact) mass is 293 g/mol. The van der Waals surface area contributed by atoms with Crippen molar-refractivity contribution in [1.82, 2.24) is 4.98 Å². The second-order valence-electron chi connectivity index (χ2n) is 5.66. The number of nitrogens with zero attached hydrogens (tertiary/aromatic N) is 3. The molecule has 1 aliphatic heterocycles. The Morgan fingerprint density at radius 1 is 1.38 bits per heavy atom. The zero-order chi connectivity index (χ0) is 15.5. The van der Waals surface area contributed by atoms with E-state index in [-0.39, 0.29) is 5.69 Å². The number of rotatable bonds is 5. The molecule has 0 unspecified atom stereocenters. The van der Waals surface area contributed by atoms with E-state index < -0.39 is 4.92 Å². The van der Waals surface area contributed by atoms with Crippen molar-refractivity contribution in [2.75, 3.05) is 23.4 Å². The fourth-order valence-electron chi connectivity index (χ4n) is 3.01. The van der Waals surface area contributed by atoms with E-state index in [1.807, 2.05) is 0 Å². The van der Waals surface area contributed by atoms with Crippen LogP contribution in [0.15, 0.2) is 12.1 Å². The highest BCUT2D eigenvalue weighted by Gasteiger charge is 2.32. The van der Waals surface area contributed by atoms with Gasteiger partial charge in [-0.15, -0.1) is 0 Å². The van der Waals surface area contributed by atoms with E-state index in [1.165, 1.54) is 25.0 Å². The number of pyridine rings is 1. The fraction of sp³-hybridized carbons (Fsp3) is 0.643. The molecule has 1 aromatic heterocycles. The van der Waals surface area contributed by atoms with Crippen molar-refractivity contribution in [2.45, 2.75) is 39.5 Å². The molecule has 1 aromatic rings. The average molecular weight is 293 g/mol. The Kier molecular flexibility index (Phi) is 4.62. The second-order valence-corrected chi connectivity index (χ2v) is 5.66. The molecule has 2 rings (SSSR count).